The van der Waals surface area contributed by atoms with Gasteiger partial charge < -0.3 is 9.88 Å². The molecule has 0 spiro atoms. The van der Waals surface area contributed by atoms with Crippen LogP contribution in [0.2, 0.25) is 0 Å². The average Bonchev–Trinajstić information content (AvgIpc) is 2.81. The smallest absolute Gasteiger partial charge is 0.127 e. The van der Waals surface area contributed by atoms with E-state index >= 15 is 0 Å². The first-order valence-corrected chi connectivity index (χ1v) is 7.33. The normalized spacial score (nSPS) is 11.3. The molecule has 108 valence electrons. The largest absolute Gasteiger partial charge is 0.378 e. The van der Waals surface area contributed by atoms with E-state index < -0.39 is 0 Å². The molecule has 1 aromatic heterocycles. The zero-order chi connectivity index (χ0) is 14.7. The fraction of sp³-hybridized carbons (Fsp3) is 0.471. The minimum atomic E-state index is 0.512. The van der Waals surface area contributed by atoms with Crippen LogP contribution in [-0.2, 0) is 13.6 Å². The van der Waals surface area contributed by atoms with Crippen molar-refractivity contribution < 1.29 is 0 Å². The number of aryl methyl sites for hydroxylation is 1. The molecule has 0 aliphatic rings. The fourth-order valence-corrected chi connectivity index (χ4v) is 2.32. The van der Waals surface area contributed by atoms with Gasteiger partial charge in [0.05, 0.1) is 6.54 Å². The van der Waals surface area contributed by atoms with Crippen LogP contribution in [0.15, 0.2) is 30.6 Å². The molecule has 0 amide bonds. The highest BCUT2D eigenvalue weighted by Crippen LogP contribution is 2.28. The van der Waals surface area contributed by atoms with E-state index in [1.165, 1.54) is 16.8 Å². The Balaban J connectivity index is 2.20. The molecule has 1 N–H and O–H groups in total. The molecule has 2 rings (SSSR count). The quantitative estimate of drug-likeness (QED) is 0.879. The van der Waals surface area contributed by atoms with Gasteiger partial charge in [-0.2, -0.15) is 0 Å². The molecule has 3 heteroatoms. The molecule has 0 unspecified atom stereocenters. The van der Waals surface area contributed by atoms with Crippen molar-refractivity contribution in [3.63, 3.8) is 0 Å². The topological polar surface area (TPSA) is 29.9 Å². The van der Waals surface area contributed by atoms with Gasteiger partial charge in [-0.15, -0.1) is 0 Å². The SMILES string of the molecule is CC(C)c1ccc(NCc2nccn2C)c(C(C)C)c1. The summed E-state index contributed by atoms with van der Waals surface area (Å²) in [7, 11) is 2.02. The van der Waals surface area contributed by atoms with Crippen molar-refractivity contribution in [3.05, 3.63) is 47.5 Å². The Kier molecular flexibility index (Phi) is 4.48. The van der Waals surface area contributed by atoms with Crippen LogP contribution in [0.1, 0.15) is 56.5 Å². The highest BCUT2D eigenvalue weighted by Gasteiger charge is 2.10. The van der Waals surface area contributed by atoms with Gasteiger partial charge in [-0.05, 0) is 29.0 Å². The Morgan fingerprint density at radius 2 is 1.90 bits per heavy atom. The number of nitrogens with zero attached hydrogens (tertiary/aromatic N) is 2. The molecule has 0 fully saturated rings. The summed E-state index contributed by atoms with van der Waals surface area (Å²) in [4.78, 5) is 4.35. The molecule has 2 aromatic rings. The van der Waals surface area contributed by atoms with E-state index in [1.807, 2.05) is 24.0 Å². The van der Waals surface area contributed by atoms with Crippen molar-refractivity contribution in [2.24, 2.45) is 7.05 Å². The van der Waals surface area contributed by atoms with Crippen molar-refractivity contribution >= 4 is 5.69 Å². The molecule has 0 aliphatic carbocycles. The Morgan fingerprint density at radius 1 is 1.15 bits per heavy atom. The van der Waals surface area contributed by atoms with Gasteiger partial charge in [-0.1, -0.05) is 39.8 Å². The van der Waals surface area contributed by atoms with Crippen molar-refractivity contribution in [2.75, 3.05) is 5.32 Å². The van der Waals surface area contributed by atoms with Gasteiger partial charge in [-0.25, -0.2) is 4.98 Å². The third-order valence-electron chi connectivity index (χ3n) is 3.72. The van der Waals surface area contributed by atoms with Crippen LogP contribution in [0.3, 0.4) is 0 Å². The zero-order valence-corrected chi connectivity index (χ0v) is 13.1. The number of aromatic nitrogens is 2. The molecule has 1 heterocycles. The van der Waals surface area contributed by atoms with Crippen LogP contribution in [0, 0.1) is 0 Å². The van der Waals surface area contributed by atoms with Crippen LogP contribution in [0.4, 0.5) is 5.69 Å². The standard InChI is InChI=1S/C17H25N3/c1-12(2)14-6-7-16(15(10-14)13(3)4)19-11-17-18-8-9-20(17)5/h6-10,12-13,19H,11H2,1-5H3. The van der Waals surface area contributed by atoms with E-state index in [0.29, 0.717) is 11.8 Å². The maximum Gasteiger partial charge on any atom is 0.127 e. The zero-order valence-electron chi connectivity index (χ0n) is 13.1. The Morgan fingerprint density at radius 3 is 2.45 bits per heavy atom. The highest BCUT2D eigenvalue weighted by atomic mass is 15.1. The Labute approximate surface area is 122 Å². The minimum Gasteiger partial charge on any atom is -0.378 e. The number of benzene rings is 1. The number of hydrogen-bond acceptors (Lipinski definition) is 2. The molecule has 0 aliphatic heterocycles. The van der Waals surface area contributed by atoms with Crippen molar-refractivity contribution in [1.82, 2.24) is 9.55 Å². The minimum absolute atomic E-state index is 0.512. The summed E-state index contributed by atoms with van der Waals surface area (Å²) in [5.41, 5.74) is 3.99. The Hall–Kier alpha value is -1.77. The van der Waals surface area contributed by atoms with Crippen molar-refractivity contribution in [1.29, 1.82) is 0 Å². The van der Waals surface area contributed by atoms with Crippen molar-refractivity contribution in [3.8, 4) is 0 Å². The lowest BCUT2D eigenvalue weighted by molar-refractivity contribution is 0.805. The number of rotatable bonds is 5. The summed E-state index contributed by atoms with van der Waals surface area (Å²) >= 11 is 0. The van der Waals surface area contributed by atoms with E-state index in [1.54, 1.807) is 0 Å². The summed E-state index contributed by atoms with van der Waals surface area (Å²) in [5, 5.41) is 3.52. The van der Waals surface area contributed by atoms with E-state index in [2.05, 4.69) is 56.2 Å². The van der Waals surface area contributed by atoms with E-state index in [0.717, 1.165) is 12.4 Å². The van der Waals surface area contributed by atoms with Crippen LogP contribution >= 0.6 is 0 Å². The van der Waals surface area contributed by atoms with Gasteiger partial charge in [0.2, 0.25) is 0 Å². The van der Waals surface area contributed by atoms with Crippen LogP contribution < -0.4 is 5.32 Å². The van der Waals surface area contributed by atoms with E-state index in [9.17, 15) is 0 Å². The molecule has 0 bridgehead atoms. The van der Waals surface area contributed by atoms with Crippen molar-refractivity contribution in [2.45, 2.75) is 46.1 Å². The second-order valence-electron chi connectivity index (χ2n) is 5.96. The lowest BCUT2D eigenvalue weighted by Crippen LogP contribution is -2.08. The van der Waals surface area contributed by atoms with Gasteiger partial charge >= 0.3 is 0 Å². The predicted molar refractivity (Wildman–Crippen MR) is 85.2 cm³/mol. The molecule has 0 radical (unpaired) electrons. The second kappa shape index (κ2) is 6.12. The molecule has 0 saturated carbocycles. The Bertz CT molecular complexity index is 567. The summed E-state index contributed by atoms with van der Waals surface area (Å²) in [6.07, 6.45) is 3.81. The highest BCUT2D eigenvalue weighted by molar-refractivity contribution is 5.54. The summed E-state index contributed by atoms with van der Waals surface area (Å²) < 4.78 is 2.05. The third-order valence-corrected chi connectivity index (χ3v) is 3.72. The summed E-state index contributed by atoms with van der Waals surface area (Å²) in [6, 6.07) is 6.75. The molecule has 0 atom stereocenters. The molecular weight excluding hydrogens is 246 g/mol. The lowest BCUT2D eigenvalue weighted by Gasteiger charge is -2.17. The van der Waals surface area contributed by atoms with E-state index in [4.69, 9.17) is 0 Å². The maximum absolute atomic E-state index is 4.35. The first-order chi connectivity index (χ1) is 9.49. The predicted octanol–water partition coefficient (Wildman–Crippen LogP) is 4.28. The summed E-state index contributed by atoms with van der Waals surface area (Å²) in [5.74, 6) is 2.13. The lowest BCUT2D eigenvalue weighted by atomic mass is 9.94. The first-order valence-electron chi connectivity index (χ1n) is 7.33. The first kappa shape index (κ1) is 14.6. The fourth-order valence-electron chi connectivity index (χ4n) is 2.32. The third kappa shape index (κ3) is 3.21. The summed E-state index contributed by atoms with van der Waals surface area (Å²) in [6.45, 7) is 9.71. The number of imidazole rings is 1. The van der Waals surface area contributed by atoms with Gasteiger partial charge in [-0.3, -0.25) is 0 Å². The molecule has 20 heavy (non-hydrogen) atoms. The van der Waals surface area contributed by atoms with Gasteiger partial charge in [0.25, 0.3) is 0 Å². The molecular formula is C17H25N3. The average molecular weight is 271 g/mol. The van der Waals surface area contributed by atoms with Gasteiger partial charge in [0.15, 0.2) is 0 Å². The molecule has 0 saturated heterocycles. The second-order valence-corrected chi connectivity index (χ2v) is 5.96. The van der Waals surface area contributed by atoms with Gasteiger partial charge in [0.1, 0.15) is 5.82 Å². The maximum atomic E-state index is 4.35. The molecule has 1 aromatic carbocycles. The van der Waals surface area contributed by atoms with E-state index in [-0.39, 0.29) is 0 Å². The van der Waals surface area contributed by atoms with Crippen LogP contribution in [0.5, 0.6) is 0 Å². The monoisotopic (exact) mass is 271 g/mol. The number of hydrogen-bond donors (Lipinski definition) is 1. The van der Waals surface area contributed by atoms with Crippen LogP contribution in [-0.4, -0.2) is 9.55 Å². The van der Waals surface area contributed by atoms with Crippen LogP contribution in [0.25, 0.3) is 0 Å². The number of nitrogens with one attached hydrogen (secondary N) is 1. The number of anilines is 1. The van der Waals surface area contributed by atoms with Gasteiger partial charge in [0, 0.05) is 25.1 Å². The molecule has 3 nitrogen and oxygen atoms in total.